The van der Waals surface area contributed by atoms with Gasteiger partial charge in [0.25, 0.3) is 0 Å². The molecule has 1 saturated carbocycles. The zero-order chi connectivity index (χ0) is 21.3. The Labute approximate surface area is 181 Å². The van der Waals surface area contributed by atoms with Gasteiger partial charge >= 0.3 is 4.87 Å². The molecule has 1 aromatic heterocycles. The summed E-state index contributed by atoms with van der Waals surface area (Å²) in [7, 11) is -1.96. The largest absolute Gasteiger partial charge is 0.353 e. The van der Waals surface area contributed by atoms with Crippen LogP contribution in [-0.4, -0.2) is 42.3 Å². The molecule has 9 heteroatoms. The van der Waals surface area contributed by atoms with Crippen LogP contribution in [0.3, 0.4) is 0 Å². The third-order valence-corrected chi connectivity index (χ3v) is 9.32. The Morgan fingerprint density at radius 3 is 2.40 bits per heavy atom. The molecular weight excluding hydrogens is 422 g/mol. The molecule has 2 aliphatic rings. The molecule has 0 radical (unpaired) electrons. The number of amides is 1. The quantitative estimate of drug-likeness (QED) is 0.724. The van der Waals surface area contributed by atoms with Crippen LogP contribution in [0.4, 0.5) is 0 Å². The van der Waals surface area contributed by atoms with E-state index in [4.69, 9.17) is 0 Å². The van der Waals surface area contributed by atoms with Crippen molar-refractivity contribution in [2.75, 3.05) is 13.1 Å². The second kappa shape index (κ2) is 8.80. The molecule has 1 aromatic carbocycles. The number of nitrogens with one attached hydrogen (secondary N) is 1. The van der Waals surface area contributed by atoms with E-state index in [1.165, 1.54) is 34.6 Å². The molecule has 0 spiro atoms. The fraction of sp³-hybridized carbons (Fsp3) is 0.619. The van der Waals surface area contributed by atoms with Crippen molar-refractivity contribution in [1.29, 1.82) is 0 Å². The van der Waals surface area contributed by atoms with E-state index in [9.17, 15) is 18.0 Å². The Balaban J connectivity index is 1.40. The van der Waals surface area contributed by atoms with Crippen LogP contribution in [0.5, 0.6) is 0 Å². The maximum absolute atomic E-state index is 13.1. The first-order valence-electron chi connectivity index (χ1n) is 10.8. The normalized spacial score (nSPS) is 20.3. The van der Waals surface area contributed by atoms with E-state index in [0.717, 1.165) is 29.7 Å². The molecule has 164 valence electrons. The number of fused-ring (bicyclic) bond motifs is 1. The fourth-order valence-electron chi connectivity index (χ4n) is 4.52. The van der Waals surface area contributed by atoms with E-state index in [1.807, 2.05) is 0 Å². The van der Waals surface area contributed by atoms with Crippen molar-refractivity contribution in [3.05, 3.63) is 27.9 Å². The molecule has 1 aliphatic carbocycles. The zero-order valence-corrected chi connectivity index (χ0v) is 18.9. The summed E-state index contributed by atoms with van der Waals surface area (Å²) in [6.45, 7) is 0.683. The summed E-state index contributed by atoms with van der Waals surface area (Å²) >= 11 is 1.05. The third-order valence-electron chi connectivity index (χ3n) is 6.43. The summed E-state index contributed by atoms with van der Waals surface area (Å²) < 4.78 is 29.9. The average molecular weight is 452 g/mol. The lowest BCUT2D eigenvalue weighted by Crippen LogP contribution is -2.45. The molecular formula is C21H29N3O4S2. The van der Waals surface area contributed by atoms with E-state index in [1.54, 1.807) is 25.2 Å². The highest BCUT2D eigenvalue weighted by Crippen LogP contribution is 2.27. The summed E-state index contributed by atoms with van der Waals surface area (Å²) in [4.78, 5) is 24.6. The lowest BCUT2D eigenvalue weighted by molar-refractivity contribution is -0.126. The number of thiazole rings is 1. The minimum atomic E-state index is -3.64. The van der Waals surface area contributed by atoms with E-state index in [-0.39, 0.29) is 27.6 Å². The molecule has 30 heavy (non-hydrogen) atoms. The molecule has 7 nitrogen and oxygen atoms in total. The highest BCUT2D eigenvalue weighted by Gasteiger charge is 2.33. The van der Waals surface area contributed by atoms with Gasteiger partial charge < -0.3 is 9.88 Å². The Morgan fingerprint density at radius 2 is 1.73 bits per heavy atom. The van der Waals surface area contributed by atoms with Gasteiger partial charge in [0, 0.05) is 32.1 Å². The van der Waals surface area contributed by atoms with Crippen molar-refractivity contribution in [2.45, 2.75) is 62.3 Å². The van der Waals surface area contributed by atoms with Gasteiger partial charge in [-0.15, -0.1) is 0 Å². The number of carbonyl (C=O) groups is 1. The molecule has 0 unspecified atom stereocenters. The monoisotopic (exact) mass is 451 g/mol. The van der Waals surface area contributed by atoms with Crippen molar-refractivity contribution in [3.63, 3.8) is 0 Å². The molecule has 0 bridgehead atoms. The van der Waals surface area contributed by atoms with Gasteiger partial charge in [-0.2, -0.15) is 4.31 Å². The molecule has 1 saturated heterocycles. The fourth-order valence-corrected chi connectivity index (χ4v) is 7.01. The van der Waals surface area contributed by atoms with Gasteiger partial charge in [-0.05, 0) is 43.9 Å². The molecule has 0 atom stereocenters. The second-order valence-corrected chi connectivity index (χ2v) is 11.4. The van der Waals surface area contributed by atoms with Crippen LogP contribution >= 0.6 is 11.3 Å². The van der Waals surface area contributed by atoms with Crippen LogP contribution in [0.15, 0.2) is 27.9 Å². The first kappa shape index (κ1) is 21.5. The van der Waals surface area contributed by atoms with Crippen molar-refractivity contribution in [3.8, 4) is 0 Å². The summed E-state index contributed by atoms with van der Waals surface area (Å²) in [6, 6.07) is 5.11. The zero-order valence-electron chi connectivity index (χ0n) is 17.3. The Bertz CT molecular complexity index is 1070. The standard InChI is InChI=1S/C21H29N3O4S2/c1-23-18-9-8-17(14-19(18)29-21(23)26)30(27,28)24-12-10-15(11-13-24)20(25)22-16-6-4-2-3-5-7-16/h8-9,14-16H,2-7,10-13H2,1H3,(H,22,25). The van der Waals surface area contributed by atoms with Crippen molar-refractivity contribution < 1.29 is 13.2 Å². The molecule has 2 aromatic rings. The van der Waals surface area contributed by atoms with E-state index >= 15 is 0 Å². The van der Waals surface area contributed by atoms with Gasteiger partial charge in [-0.25, -0.2) is 8.42 Å². The Morgan fingerprint density at radius 1 is 1.07 bits per heavy atom. The SMILES string of the molecule is Cn1c(=O)sc2cc(S(=O)(=O)N3CCC(C(=O)NC4CCCCCC4)CC3)ccc21. The molecule has 2 heterocycles. The van der Waals surface area contributed by atoms with Crippen LogP contribution in [0.25, 0.3) is 10.2 Å². The van der Waals surface area contributed by atoms with Crippen molar-refractivity contribution in [1.82, 2.24) is 14.2 Å². The predicted octanol–water partition coefficient (Wildman–Crippen LogP) is 2.84. The van der Waals surface area contributed by atoms with E-state index < -0.39 is 10.0 Å². The van der Waals surface area contributed by atoms with Crippen LogP contribution < -0.4 is 10.2 Å². The molecule has 4 rings (SSSR count). The van der Waals surface area contributed by atoms with Crippen molar-refractivity contribution >= 4 is 37.5 Å². The topological polar surface area (TPSA) is 88.5 Å². The Hall–Kier alpha value is -1.71. The highest BCUT2D eigenvalue weighted by molar-refractivity contribution is 7.89. The first-order chi connectivity index (χ1) is 14.4. The summed E-state index contributed by atoms with van der Waals surface area (Å²) in [5, 5.41) is 3.20. The maximum Gasteiger partial charge on any atom is 0.307 e. The minimum Gasteiger partial charge on any atom is -0.353 e. The number of sulfonamides is 1. The number of hydrogen-bond acceptors (Lipinski definition) is 5. The number of carbonyl (C=O) groups excluding carboxylic acids is 1. The van der Waals surface area contributed by atoms with Crippen LogP contribution in [-0.2, 0) is 21.9 Å². The molecule has 2 fully saturated rings. The van der Waals surface area contributed by atoms with E-state index in [0.29, 0.717) is 30.6 Å². The Kier molecular flexibility index (Phi) is 6.31. The van der Waals surface area contributed by atoms with Crippen LogP contribution in [0.1, 0.15) is 51.4 Å². The molecule has 1 N–H and O–H groups in total. The summed E-state index contributed by atoms with van der Waals surface area (Å²) in [6.07, 6.45) is 8.00. The van der Waals surface area contributed by atoms with Crippen molar-refractivity contribution in [2.24, 2.45) is 13.0 Å². The van der Waals surface area contributed by atoms with Gasteiger partial charge in [-0.3, -0.25) is 9.59 Å². The van der Waals surface area contributed by atoms with Crippen LogP contribution in [0, 0.1) is 5.92 Å². The number of benzene rings is 1. The summed E-state index contributed by atoms with van der Waals surface area (Å²) in [5.74, 6) is -0.0454. The number of rotatable bonds is 4. The van der Waals surface area contributed by atoms with Gasteiger partial charge in [0.1, 0.15) is 0 Å². The number of hydrogen-bond donors (Lipinski definition) is 1. The number of nitrogens with zero attached hydrogens (tertiary/aromatic N) is 2. The summed E-state index contributed by atoms with van der Waals surface area (Å²) in [5.41, 5.74) is 0.734. The van der Waals surface area contributed by atoms with Gasteiger partial charge in [0.15, 0.2) is 0 Å². The lowest BCUT2D eigenvalue weighted by atomic mass is 9.96. The maximum atomic E-state index is 13.1. The van der Waals surface area contributed by atoms with Gasteiger partial charge in [0.05, 0.1) is 15.1 Å². The molecule has 1 amide bonds. The highest BCUT2D eigenvalue weighted by atomic mass is 32.2. The number of aryl methyl sites for hydroxylation is 1. The van der Waals surface area contributed by atoms with Crippen LogP contribution in [0.2, 0.25) is 0 Å². The average Bonchev–Trinajstić information content (AvgIpc) is 2.90. The van der Waals surface area contributed by atoms with E-state index in [2.05, 4.69) is 5.32 Å². The number of aromatic nitrogens is 1. The first-order valence-corrected chi connectivity index (χ1v) is 13.0. The predicted molar refractivity (Wildman–Crippen MR) is 118 cm³/mol. The minimum absolute atomic E-state index is 0.0782. The number of piperidine rings is 1. The molecule has 1 aliphatic heterocycles. The lowest BCUT2D eigenvalue weighted by Gasteiger charge is -2.31. The van der Waals surface area contributed by atoms with Gasteiger partial charge in [-0.1, -0.05) is 37.0 Å². The second-order valence-electron chi connectivity index (χ2n) is 8.43. The van der Waals surface area contributed by atoms with Gasteiger partial charge in [0.2, 0.25) is 15.9 Å². The third kappa shape index (κ3) is 4.33. The smallest absolute Gasteiger partial charge is 0.307 e.